The van der Waals surface area contributed by atoms with Gasteiger partial charge in [-0.25, -0.2) is 4.99 Å². The zero-order valence-electron chi connectivity index (χ0n) is 13.2. The third kappa shape index (κ3) is 2.15. The first-order valence-electron chi connectivity index (χ1n) is 7.65. The lowest BCUT2D eigenvalue weighted by Crippen LogP contribution is -2.44. The summed E-state index contributed by atoms with van der Waals surface area (Å²) in [5.74, 6) is 0.659. The highest BCUT2D eigenvalue weighted by Gasteiger charge is 2.53. The molecule has 3 unspecified atom stereocenters. The van der Waals surface area contributed by atoms with Crippen molar-refractivity contribution in [2.45, 2.75) is 31.0 Å². The van der Waals surface area contributed by atoms with Gasteiger partial charge in [0.1, 0.15) is 29.4 Å². The van der Waals surface area contributed by atoms with E-state index in [1.807, 2.05) is 0 Å². The van der Waals surface area contributed by atoms with E-state index in [0.29, 0.717) is 16.6 Å². The highest BCUT2D eigenvalue weighted by molar-refractivity contribution is 6.10. The van der Waals surface area contributed by atoms with Crippen molar-refractivity contribution in [3.63, 3.8) is 0 Å². The molecule has 0 amide bonds. The van der Waals surface area contributed by atoms with Gasteiger partial charge in [-0.3, -0.25) is 4.79 Å². The van der Waals surface area contributed by atoms with Crippen molar-refractivity contribution in [1.82, 2.24) is 9.55 Å². The smallest absolute Gasteiger partial charge is 0.273 e. The zero-order valence-corrected chi connectivity index (χ0v) is 13.2. The maximum atomic E-state index is 11.8. The van der Waals surface area contributed by atoms with Gasteiger partial charge in [0.05, 0.1) is 18.3 Å². The Morgan fingerprint density at radius 2 is 2.28 bits per heavy atom. The number of ether oxygens (including phenoxy) is 1. The Bertz CT molecular complexity index is 953. The molecule has 6 N–H and O–H groups in total. The number of nitrogens with zero attached hydrogens (tertiary/aromatic N) is 3. The molecule has 0 bridgehead atoms. The molecule has 0 aliphatic carbocycles. The Morgan fingerprint density at radius 3 is 2.96 bits per heavy atom. The highest BCUT2D eigenvalue weighted by Crippen LogP contribution is 2.45. The molecule has 2 aliphatic rings. The lowest BCUT2D eigenvalue weighted by molar-refractivity contribution is -0.0955. The lowest BCUT2D eigenvalue weighted by Gasteiger charge is -2.28. The van der Waals surface area contributed by atoms with Crippen molar-refractivity contribution in [2.24, 2.45) is 4.99 Å². The van der Waals surface area contributed by atoms with Gasteiger partial charge in [-0.2, -0.15) is 4.98 Å². The van der Waals surface area contributed by atoms with E-state index in [-0.39, 0.29) is 11.5 Å². The van der Waals surface area contributed by atoms with Crippen LogP contribution in [0.3, 0.4) is 0 Å². The van der Waals surface area contributed by atoms with Crippen molar-refractivity contribution in [3.8, 4) is 0 Å². The van der Waals surface area contributed by atoms with Gasteiger partial charge < -0.3 is 35.7 Å². The first-order valence-corrected chi connectivity index (χ1v) is 7.65. The number of aromatic nitrogens is 2. The van der Waals surface area contributed by atoms with Gasteiger partial charge in [0.25, 0.3) is 5.56 Å². The number of nitrogens with two attached hydrogens (primary N) is 1. The number of anilines is 2. The molecule has 0 saturated carbocycles. The van der Waals surface area contributed by atoms with Crippen LogP contribution in [0.15, 0.2) is 22.1 Å². The van der Waals surface area contributed by atoms with Gasteiger partial charge in [-0.05, 0) is 6.92 Å². The number of aliphatic imine (C=N–C) groups is 1. The number of nitrogen functional groups attached to an aromatic ring is 1. The molecule has 1 fully saturated rings. The van der Waals surface area contributed by atoms with Crippen molar-refractivity contribution in [1.29, 1.82) is 0 Å². The minimum atomic E-state index is -1.67. The Kier molecular flexibility index (Phi) is 3.34. The fourth-order valence-electron chi connectivity index (χ4n) is 3.33. The van der Waals surface area contributed by atoms with E-state index in [1.165, 1.54) is 23.9 Å². The Morgan fingerprint density at radius 1 is 1.52 bits per heavy atom. The third-order valence-corrected chi connectivity index (χ3v) is 4.63. The first kappa shape index (κ1) is 16.0. The largest absolute Gasteiger partial charge is 0.398 e. The predicted molar refractivity (Wildman–Crippen MR) is 89.8 cm³/mol. The highest BCUT2D eigenvalue weighted by atomic mass is 16.6. The summed E-state index contributed by atoms with van der Waals surface area (Å²) in [5.41, 5.74) is 4.02. The zero-order chi connectivity index (χ0) is 17.9. The van der Waals surface area contributed by atoms with Crippen LogP contribution in [0.4, 0.5) is 17.3 Å². The molecule has 2 aliphatic heterocycles. The number of rotatable bonds is 2. The van der Waals surface area contributed by atoms with E-state index in [0.717, 1.165) is 0 Å². The van der Waals surface area contributed by atoms with Crippen LogP contribution in [0.1, 0.15) is 13.2 Å². The van der Waals surface area contributed by atoms with Crippen LogP contribution in [0.5, 0.6) is 0 Å². The molecular weight excluding hydrogens is 330 g/mol. The van der Waals surface area contributed by atoms with Crippen molar-refractivity contribution in [2.75, 3.05) is 17.7 Å². The second-order valence-corrected chi connectivity index (χ2v) is 6.33. The molecule has 132 valence electrons. The van der Waals surface area contributed by atoms with Gasteiger partial charge >= 0.3 is 0 Å². The van der Waals surface area contributed by atoms with E-state index in [4.69, 9.17) is 10.5 Å². The Balaban J connectivity index is 1.98. The summed E-state index contributed by atoms with van der Waals surface area (Å²) in [4.78, 5) is 20.0. The number of aliphatic hydroxyl groups excluding tert-OH is 2. The third-order valence-electron chi connectivity index (χ3n) is 4.63. The van der Waals surface area contributed by atoms with Gasteiger partial charge in [0, 0.05) is 23.3 Å². The molecule has 0 radical (unpaired) electrons. The van der Waals surface area contributed by atoms with Crippen LogP contribution in [0.25, 0.3) is 10.8 Å². The van der Waals surface area contributed by atoms with E-state index >= 15 is 0 Å². The standard InChI is InChI=1S/C15H17N5O5/c1-15(24)11(23)8(4-21)25-14(15)20-3-6-7(16)2-9(22)19-12-10(6)13(20)18-5-17-12/h2-3,5,8,11,14,21,23-24H,4,16H2,1H3,(H,17,18,19,22)/t8?,11-,14?,15?/m1/s1. The molecule has 4 atom stereocenters. The summed E-state index contributed by atoms with van der Waals surface area (Å²) in [6.45, 7) is 0.969. The topological polar surface area (TPSA) is 155 Å². The van der Waals surface area contributed by atoms with Crippen molar-refractivity contribution < 1.29 is 20.1 Å². The second kappa shape index (κ2) is 5.23. The molecule has 0 spiro atoms. The Hall–Kier alpha value is -2.53. The maximum absolute atomic E-state index is 11.8. The molecule has 10 heteroatoms. The number of nitrogens with one attached hydrogen (secondary N) is 1. The van der Waals surface area contributed by atoms with Gasteiger partial charge in [0.15, 0.2) is 6.23 Å². The van der Waals surface area contributed by atoms with E-state index in [1.54, 1.807) is 6.20 Å². The fourth-order valence-corrected chi connectivity index (χ4v) is 3.33. The monoisotopic (exact) mass is 347 g/mol. The summed E-state index contributed by atoms with van der Waals surface area (Å²) < 4.78 is 7.16. The SMILES string of the molecule is CC1(O)C(n2cc3c(N)cc(=O)nc4c3c2N=CN4)OC(CO)[C@H]1O. The van der Waals surface area contributed by atoms with Crippen LogP contribution in [0.2, 0.25) is 0 Å². The summed E-state index contributed by atoms with van der Waals surface area (Å²) in [5, 5.41) is 34.1. The molecule has 1 saturated heterocycles. The van der Waals surface area contributed by atoms with Crippen LogP contribution >= 0.6 is 0 Å². The normalized spacial score (nSPS) is 30.6. The fraction of sp³-hybridized carbons (Fsp3) is 0.400. The molecule has 2 aromatic heterocycles. The summed E-state index contributed by atoms with van der Waals surface area (Å²) in [7, 11) is 0. The number of hydrogen-bond donors (Lipinski definition) is 5. The first-order chi connectivity index (χ1) is 11.8. The van der Waals surface area contributed by atoms with Crippen molar-refractivity contribution in [3.05, 3.63) is 22.6 Å². The minimum Gasteiger partial charge on any atom is -0.398 e. The molecule has 4 rings (SSSR count). The van der Waals surface area contributed by atoms with Gasteiger partial charge in [-0.1, -0.05) is 0 Å². The summed E-state index contributed by atoms with van der Waals surface area (Å²) in [6, 6.07) is 1.20. The lowest BCUT2D eigenvalue weighted by atomic mass is 9.96. The van der Waals surface area contributed by atoms with Gasteiger partial charge in [-0.15, -0.1) is 0 Å². The average molecular weight is 347 g/mol. The Labute approximate surface area is 141 Å². The molecule has 25 heavy (non-hydrogen) atoms. The minimum absolute atomic E-state index is 0.203. The van der Waals surface area contributed by atoms with Crippen LogP contribution < -0.4 is 16.6 Å². The summed E-state index contributed by atoms with van der Waals surface area (Å²) in [6.07, 6.45) is -0.296. The van der Waals surface area contributed by atoms with Crippen LogP contribution in [-0.2, 0) is 4.74 Å². The molecule has 10 nitrogen and oxygen atoms in total. The second-order valence-electron chi connectivity index (χ2n) is 6.33. The van der Waals surface area contributed by atoms with Gasteiger partial charge in [0.2, 0.25) is 0 Å². The number of aliphatic hydroxyl groups is 3. The van der Waals surface area contributed by atoms with Crippen LogP contribution in [0, 0.1) is 0 Å². The quantitative estimate of drug-likeness (QED) is 0.466. The average Bonchev–Trinajstić information content (AvgIpc) is 3.00. The van der Waals surface area contributed by atoms with Crippen LogP contribution in [-0.4, -0.2) is 55.6 Å². The molecule has 2 aromatic rings. The van der Waals surface area contributed by atoms with E-state index < -0.39 is 36.2 Å². The summed E-state index contributed by atoms with van der Waals surface area (Å²) >= 11 is 0. The molecular formula is C15H17N5O5. The maximum Gasteiger partial charge on any atom is 0.273 e. The van der Waals surface area contributed by atoms with E-state index in [9.17, 15) is 20.1 Å². The molecule has 4 heterocycles. The predicted octanol–water partition coefficient (Wildman–Crippen LogP) is -0.934. The number of hydrogen-bond acceptors (Lipinski definition) is 9. The van der Waals surface area contributed by atoms with E-state index in [2.05, 4.69) is 15.3 Å². The van der Waals surface area contributed by atoms with Crippen molar-refractivity contribution >= 4 is 34.4 Å². The molecule has 0 aromatic carbocycles.